The van der Waals surface area contributed by atoms with Crippen LogP contribution in [0.25, 0.3) is 28.2 Å². The van der Waals surface area contributed by atoms with Crippen LogP contribution >= 0.6 is 0 Å². The van der Waals surface area contributed by atoms with Crippen LogP contribution in [0, 0.1) is 0 Å². The largest absolute Gasteiger partial charge is 0.386 e. The molecular weight excluding hydrogens is 342 g/mol. The Morgan fingerprint density at radius 2 is 1.96 bits per heavy atom. The fraction of sp³-hybridized carbons (Fsp3) is 0.190. The van der Waals surface area contributed by atoms with Crippen molar-refractivity contribution in [2.24, 2.45) is 5.73 Å². The van der Waals surface area contributed by atoms with Crippen molar-refractivity contribution < 1.29 is 14.7 Å². The zero-order valence-electron chi connectivity index (χ0n) is 15.4. The van der Waals surface area contributed by atoms with E-state index in [4.69, 9.17) is 5.73 Å². The predicted octanol–water partition coefficient (Wildman–Crippen LogP) is 2.92. The first-order valence-electron chi connectivity index (χ1n) is 8.49. The summed E-state index contributed by atoms with van der Waals surface area (Å²) in [4.78, 5) is 30.6. The van der Waals surface area contributed by atoms with Crippen molar-refractivity contribution in [2.75, 3.05) is 0 Å². The molecule has 0 unspecified atom stereocenters. The van der Waals surface area contributed by atoms with Crippen LogP contribution in [0.15, 0.2) is 48.3 Å². The second-order valence-electron chi connectivity index (χ2n) is 6.98. The molecule has 1 aromatic carbocycles. The highest BCUT2D eigenvalue weighted by molar-refractivity contribution is 6.21. The van der Waals surface area contributed by atoms with Crippen molar-refractivity contribution in [1.82, 2.24) is 9.97 Å². The zero-order valence-corrected chi connectivity index (χ0v) is 15.4. The van der Waals surface area contributed by atoms with E-state index in [2.05, 4.69) is 9.97 Å². The molecule has 27 heavy (non-hydrogen) atoms. The van der Waals surface area contributed by atoms with Crippen molar-refractivity contribution in [1.29, 1.82) is 0 Å². The van der Waals surface area contributed by atoms with E-state index in [0.717, 1.165) is 22.1 Å². The summed E-state index contributed by atoms with van der Waals surface area (Å²) >= 11 is 0. The minimum atomic E-state index is -0.951. The Hall–Kier alpha value is -3.25. The Bertz CT molecular complexity index is 1060. The number of carbonyl (C=O) groups excluding carboxylic acids is 2. The van der Waals surface area contributed by atoms with Gasteiger partial charge in [0.1, 0.15) is 5.65 Å². The van der Waals surface area contributed by atoms with E-state index in [1.165, 1.54) is 13.0 Å². The third-order valence-corrected chi connectivity index (χ3v) is 4.41. The Morgan fingerprint density at radius 3 is 2.59 bits per heavy atom. The summed E-state index contributed by atoms with van der Waals surface area (Å²) in [5.74, 6) is -1.15. The van der Waals surface area contributed by atoms with Crippen molar-refractivity contribution in [3.8, 4) is 11.1 Å². The van der Waals surface area contributed by atoms with Gasteiger partial charge in [0, 0.05) is 28.9 Å². The van der Waals surface area contributed by atoms with Gasteiger partial charge in [-0.2, -0.15) is 0 Å². The number of H-pyrrole nitrogens is 1. The molecule has 0 bridgehead atoms. The fourth-order valence-electron chi connectivity index (χ4n) is 2.88. The predicted molar refractivity (Wildman–Crippen MR) is 105 cm³/mol. The quantitative estimate of drug-likeness (QED) is 0.368. The first-order chi connectivity index (χ1) is 12.7. The average Bonchev–Trinajstić information content (AvgIpc) is 3.00. The number of hydrogen-bond donors (Lipinski definition) is 3. The summed E-state index contributed by atoms with van der Waals surface area (Å²) in [6.45, 7) is 4.77. The summed E-state index contributed by atoms with van der Waals surface area (Å²) in [7, 11) is 0. The van der Waals surface area contributed by atoms with Gasteiger partial charge in [0.2, 0.25) is 0 Å². The number of pyridine rings is 1. The molecule has 0 radical (unpaired) electrons. The van der Waals surface area contributed by atoms with Gasteiger partial charge in [-0.3, -0.25) is 9.59 Å². The molecule has 1 amide bonds. The standard InChI is InChI=1S/C21H21N3O3/c1-12(25)17(19(22)26)9-15-11-24-20-18(15)8-14(10-23-20)13-5-4-6-16(7-13)21(2,3)27/h4-11,27H,1-3H3,(H2,22,26)(H,23,24)/b17-9+. The van der Waals surface area contributed by atoms with E-state index in [1.54, 1.807) is 26.2 Å². The molecule has 0 fully saturated rings. The average molecular weight is 363 g/mol. The van der Waals surface area contributed by atoms with Gasteiger partial charge in [-0.15, -0.1) is 0 Å². The normalized spacial score (nSPS) is 12.4. The maximum Gasteiger partial charge on any atom is 0.252 e. The molecule has 0 saturated heterocycles. The van der Waals surface area contributed by atoms with Crippen LogP contribution in [0.3, 0.4) is 0 Å². The van der Waals surface area contributed by atoms with Crippen LogP contribution in [0.1, 0.15) is 31.9 Å². The molecule has 3 aromatic rings. The number of aliphatic hydroxyl groups is 1. The van der Waals surface area contributed by atoms with Gasteiger partial charge in [-0.05, 0) is 50.1 Å². The van der Waals surface area contributed by atoms with E-state index in [0.29, 0.717) is 11.2 Å². The van der Waals surface area contributed by atoms with Crippen LogP contribution in [0.5, 0.6) is 0 Å². The van der Waals surface area contributed by atoms with Crippen molar-refractivity contribution in [3.63, 3.8) is 0 Å². The van der Waals surface area contributed by atoms with Gasteiger partial charge in [-0.1, -0.05) is 18.2 Å². The number of carbonyl (C=O) groups is 2. The molecule has 2 heterocycles. The summed E-state index contributed by atoms with van der Waals surface area (Å²) in [5, 5.41) is 11.0. The minimum Gasteiger partial charge on any atom is -0.386 e. The second kappa shape index (κ2) is 6.81. The molecule has 3 rings (SSSR count). The molecule has 2 aromatic heterocycles. The van der Waals surface area contributed by atoms with Gasteiger partial charge >= 0.3 is 0 Å². The van der Waals surface area contributed by atoms with E-state index < -0.39 is 11.5 Å². The van der Waals surface area contributed by atoms with Crippen LogP contribution in [-0.4, -0.2) is 26.8 Å². The molecule has 138 valence electrons. The highest BCUT2D eigenvalue weighted by Gasteiger charge is 2.17. The molecular formula is C21H21N3O3. The number of aromatic amines is 1. The maximum atomic E-state index is 11.6. The fourth-order valence-corrected chi connectivity index (χ4v) is 2.88. The lowest BCUT2D eigenvalue weighted by Crippen LogP contribution is -2.18. The Balaban J connectivity index is 2.12. The maximum absolute atomic E-state index is 11.6. The lowest BCUT2D eigenvalue weighted by molar-refractivity contribution is -0.119. The SMILES string of the molecule is CC(=O)/C(=C\c1c[nH]c2ncc(-c3cccc(C(C)(C)O)c3)cc12)C(N)=O. The highest BCUT2D eigenvalue weighted by atomic mass is 16.3. The highest BCUT2D eigenvalue weighted by Crippen LogP contribution is 2.29. The van der Waals surface area contributed by atoms with Crippen LogP contribution in [0.4, 0.5) is 0 Å². The number of ketones is 1. The van der Waals surface area contributed by atoms with E-state index in [1.807, 2.05) is 30.3 Å². The number of hydrogen-bond acceptors (Lipinski definition) is 4. The molecule has 6 heteroatoms. The smallest absolute Gasteiger partial charge is 0.252 e. The molecule has 6 nitrogen and oxygen atoms in total. The third kappa shape index (κ3) is 3.80. The van der Waals surface area contributed by atoms with E-state index in [9.17, 15) is 14.7 Å². The Kier molecular flexibility index (Phi) is 4.68. The second-order valence-corrected chi connectivity index (χ2v) is 6.98. The number of primary amides is 1. The third-order valence-electron chi connectivity index (χ3n) is 4.41. The topological polar surface area (TPSA) is 109 Å². The first-order valence-corrected chi connectivity index (χ1v) is 8.49. The van der Waals surface area contributed by atoms with Crippen LogP contribution in [0.2, 0.25) is 0 Å². The van der Waals surface area contributed by atoms with Gasteiger partial charge in [0.15, 0.2) is 5.78 Å². The lowest BCUT2D eigenvalue weighted by atomic mass is 9.94. The number of fused-ring (bicyclic) bond motifs is 1. The number of nitrogens with two attached hydrogens (primary N) is 1. The molecule has 0 aliphatic carbocycles. The van der Waals surface area contributed by atoms with Gasteiger partial charge < -0.3 is 15.8 Å². The minimum absolute atomic E-state index is 0.0645. The number of nitrogens with zero attached hydrogens (tertiary/aromatic N) is 1. The van der Waals surface area contributed by atoms with Gasteiger partial charge in [0.05, 0.1) is 11.2 Å². The van der Waals surface area contributed by atoms with Gasteiger partial charge in [-0.25, -0.2) is 4.98 Å². The first kappa shape index (κ1) is 18.5. The number of Topliss-reactive ketones (excluding diaryl/α,β-unsaturated/α-hetero) is 1. The van der Waals surface area contributed by atoms with Gasteiger partial charge in [0.25, 0.3) is 5.91 Å². The number of amides is 1. The number of aromatic nitrogens is 2. The van der Waals surface area contributed by atoms with Crippen molar-refractivity contribution in [3.05, 3.63) is 59.4 Å². The lowest BCUT2D eigenvalue weighted by Gasteiger charge is -2.18. The summed E-state index contributed by atoms with van der Waals surface area (Å²) in [5.41, 5.74) is 8.12. The summed E-state index contributed by atoms with van der Waals surface area (Å²) in [6, 6.07) is 9.52. The van der Waals surface area contributed by atoms with Crippen LogP contribution < -0.4 is 5.73 Å². The molecule has 0 atom stereocenters. The zero-order chi connectivity index (χ0) is 19.8. The molecule has 0 saturated carbocycles. The monoisotopic (exact) mass is 363 g/mol. The number of benzene rings is 1. The number of nitrogens with one attached hydrogen (secondary N) is 1. The molecule has 0 aliphatic rings. The van der Waals surface area contributed by atoms with Crippen LogP contribution in [-0.2, 0) is 15.2 Å². The molecule has 0 spiro atoms. The van der Waals surface area contributed by atoms with Crippen molar-refractivity contribution in [2.45, 2.75) is 26.4 Å². The Labute approximate surface area is 156 Å². The summed E-state index contributed by atoms with van der Waals surface area (Å²) in [6.07, 6.45) is 4.89. The molecule has 4 N–H and O–H groups in total. The summed E-state index contributed by atoms with van der Waals surface area (Å²) < 4.78 is 0. The Morgan fingerprint density at radius 1 is 1.22 bits per heavy atom. The van der Waals surface area contributed by atoms with E-state index in [-0.39, 0.29) is 11.4 Å². The van der Waals surface area contributed by atoms with E-state index >= 15 is 0 Å². The van der Waals surface area contributed by atoms with Crippen molar-refractivity contribution >= 4 is 28.8 Å². The number of rotatable bonds is 5. The molecule has 0 aliphatic heterocycles.